The van der Waals surface area contributed by atoms with E-state index in [1.54, 1.807) is 6.20 Å². The molecule has 8 aromatic rings. The predicted molar refractivity (Wildman–Crippen MR) is 148 cm³/mol. The first-order valence-corrected chi connectivity index (χ1v) is 12.2. The molecule has 0 aliphatic carbocycles. The standard InChI is InChI=1S/C22H14N3.C11H8N.Ir/c1-23-11-12-24(14-23)15-9-10-17-19-7-4-6-18-16-5-2-3-8-20(16)25(22(18)19)21(17)13-15;1-2-6-10(7-3-1)11-8-4-5-9-12-11;/h2-8,10-13H,1H3;1-6,8-9H;/q2*-1;+3. The van der Waals surface area contributed by atoms with Crippen LogP contribution in [0.5, 0.6) is 0 Å². The summed E-state index contributed by atoms with van der Waals surface area (Å²) in [5, 5.41) is 5.14. The van der Waals surface area contributed by atoms with Gasteiger partial charge < -0.3 is 18.5 Å². The largest absolute Gasteiger partial charge is 3.00 e. The molecule has 38 heavy (non-hydrogen) atoms. The molecular weight excluding hydrogens is 645 g/mol. The fourth-order valence-corrected chi connectivity index (χ4v) is 5.11. The monoisotopic (exact) mass is 667 g/mol. The second-order valence-corrected chi connectivity index (χ2v) is 9.04. The summed E-state index contributed by atoms with van der Waals surface area (Å²) in [6.45, 7) is 0. The van der Waals surface area contributed by atoms with Crippen LogP contribution >= 0.6 is 0 Å². The maximum Gasteiger partial charge on any atom is 3.00 e. The molecule has 0 N–H and O–H groups in total. The molecule has 0 spiro atoms. The number of imidazole rings is 1. The molecule has 0 bridgehead atoms. The van der Waals surface area contributed by atoms with E-state index in [1.807, 2.05) is 71.0 Å². The van der Waals surface area contributed by atoms with E-state index in [1.165, 1.54) is 38.1 Å². The van der Waals surface area contributed by atoms with Crippen molar-refractivity contribution in [1.82, 2.24) is 14.0 Å². The van der Waals surface area contributed by atoms with Gasteiger partial charge in [0.1, 0.15) is 0 Å². The van der Waals surface area contributed by atoms with Crippen LogP contribution in [0.4, 0.5) is 0 Å². The maximum atomic E-state index is 4.22. The molecule has 4 nitrogen and oxygen atoms in total. The van der Waals surface area contributed by atoms with Gasteiger partial charge in [-0.1, -0.05) is 59.7 Å². The molecule has 8 rings (SSSR count). The average Bonchev–Trinajstić information content (AvgIpc) is 3.65. The van der Waals surface area contributed by atoms with Gasteiger partial charge in [0, 0.05) is 34.9 Å². The van der Waals surface area contributed by atoms with Crippen molar-refractivity contribution in [2.75, 3.05) is 0 Å². The van der Waals surface area contributed by atoms with Crippen molar-refractivity contribution in [3.8, 4) is 16.9 Å². The van der Waals surface area contributed by atoms with Crippen LogP contribution in [-0.4, -0.2) is 14.0 Å². The predicted octanol–water partition coefficient (Wildman–Crippen LogP) is 6.60. The van der Waals surface area contributed by atoms with Gasteiger partial charge in [-0.25, -0.2) is 0 Å². The summed E-state index contributed by atoms with van der Waals surface area (Å²) < 4.78 is 6.28. The Morgan fingerprint density at radius 1 is 0.763 bits per heavy atom. The van der Waals surface area contributed by atoms with E-state index in [0.717, 1.165) is 16.9 Å². The SMILES string of the molecule is C[n+]1[c-]n(-c2[c-]cc3c4cccc5c6ccccc6n(c3c2)c54)cc1.[Ir+3].[c-]1ccccc1-c1ccccn1. The van der Waals surface area contributed by atoms with Crippen LogP contribution < -0.4 is 4.57 Å². The second kappa shape index (κ2) is 9.86. The number of aryl methyl sites for hydroxylation is 1. The Hall–Kier alpha value is -4.31. The van der Waals surface area contributed by atoms with Gasteiger partial charge >= 0.3 is 20.1 Å². The molecule has 0 saturated carbocycles. The van der Waals surface area contributed by atoms with E-state index < -0.39 is 0 Å². The van der Waals surface area contributed by atoms with Crippen molar-refractivity contribution in [3.63, 3.8) is 0 Å². The van der Waals surface area contributed by atoms with Gasteiger partial charge in [-0.3, -0.25) is 0 Å². The summed E-state index contributed by atoms with van der Waals surface area (Å²) in [5.41, 5.74) is 6.77. The van der Waals surface area contributed by atoms with E-state index in [2.05, 4.69) is 82.4 Å². The van der Waals surface area contributed by atoms with Gasteiger partial charge in [-0.05, 0) is 23.2 Å². The molecule has 0 radical (unpaired) electrons. The number of hydrogen-bond donors (Lipinski definition) is 0. The zero-order valence-corrected chi connectivity index (χ0v) is 23.0. The Labute approximate surface area is 234 Å². The third-order valence-electron chi connectivity index (χ3n) is 6.75. The summed E-state index contributed by atoms with van der Waals surface area (Å²) in [5.74, 6) is 0. The van der Waals surface area contributed by atoms with Gasteiger partial charge in [0.25, 0.3) is 0 Å². The second-order valence-electron chi connectivity index (χ2n) is 9.04. The van der Waals surface area contributed by atoms with Crippen LogP contribution in [0.3, 0.4) is 0 Å². The average molecular weight is 667 g/mol. The van der Waals surface area contributed by atoms with E-state index in [4.69, 9.17) is 0 Å². The zero-order valence-electron chi connectivity index (χ0n) is 20.6. The summed E-state index contributed by atoms with van der Waals surface area (Å²) in [7, 11) is 1.97. The molecule has 0 amide bonds. The number of nitrogens with zero attached hydrogens (tertiary/aromatic N) is 4. The third-order valence-corrected chi connectivity index (χ3v) is 6.75. The molecule has 4 aromatic heterocycles. The summed E-state index contributed by atoms with van der Waals surface area (Å²) in [6.07, 6.45) is 9.03. The van der Waals surface area contributed by atoms with E-state index in [0.29, 0.717) is 0 Å². The number of aromatic nitrogens is 4. The third kappa shape index (κ3) is 3.97. The van der Waals surface area contributed by atoms with Gasteiger partial charge in [0.2, 0.25) is 6.33 Å². The molecule has 0 aliphatic heterocycles. The minimum Gasteiger partial charge on any atom is -0.348 e. The van der Waals surface area contributed by atoms with Crippen LogP contribution in [0.15, 0.2) is 116 Å². The first kappa shape index (κ1) is 24.1. The number of hydrogen-bond acceptors (Lipinski definition) is 1. The molecule has 0 atom stereocenters. The molecule has 4 heterocycles. The van der Waals surface area contributed by atoms with Crippen LogP contribution in [0.25, 0.3) is 55.0 Å². The summed E-state index contributed by atoms with van der Waals surface area (Å²) >= 11 is 0. The van der Waals surface area contributed by atoms with Crippen molar-refractivity contribution in [1.29, 1.82) is 0 Å². The van der Waals surface area contributed by atoms with E-state index in [9.17, 15) is 0 Å². The number of rotatable bonds is 2. The fourth-order valence-electron chi connectivity index (χ4n) is 5.11. The maximum absolute atomic E-state index is 4.22. The molecule has 0 fully saturated rings. The Kier molecular flexibility index (Phi) is 6.24. The number of benzene rings is 4. The molecular formula is C33H22IrN4+. The number of fused-ring (bicyclic) bond motifs is 6. The normalized spacial score (nSPS) is 11.1. The van der Waals surface area contributed by atoms with E-state index in [-0.39, 0.29) is 20.1 Å². The molecule has 0 saturated heterocycles. The molecule has 0 unspecified atom stereocenters. The quantitative estimate of drug-likeness (QED) is 0.151. The van der Waals surface area contributed by atoms with Crippen molar-refractivity contribution < 1.29 is 24.7 Å². The van der Waals surface area contributed by atoms with Crippen LogP contribution in [0.2, 0.25) is 0 Å². The van der Waals surface area contributed by atoms with Gasteiger partial charge in [0.15, 0.2) is 0 Å². The smallest absolute Gasteiger partial charge is 0.348 e. The Morgan fingerprint density at radius 3 is 2.32 bits per heavy atom. The Bertz CT molecular complexity index is 1950. The molecule has 0 aliphatic rings. The van der Waals surface area contributed by atoms with Gasteiger partial charge in [0.05, 0.1) is 12.6 Å². The molecule has 182 valence electrons. The minimum atomic E-state index is 0. The fraction of sp³-hybridized carbons (Fsp3) is 0.0303. The van der Waals surface area contributed by atoms with Crippen molar-refractivity contribution in [3.05, 3.63) is 134 Å². The first-order valence-electron chi connectivity index (χ1n) is 12.2. The van der Waals surface area contributed by atoms with E-state index >= 15 is 0 Å². The Morgan fingerprint density at radius 2 is 1.55 bits per heavy atom. The number of pyridine rings is 1. The van der Waals surface area contributed by atoms with Crippen LogP contribution in [0, 0.1) is 18.5 Å². The van der Waals surface area contributed by atoms with Crippen molar-refractivity contribution in [2.24, 2.45) is 7.05 Å². The molecule has 4 aromatic carbocycles. The topological polar surface area (TPSA) is 26.1 Å². The zero-order chi connectivity index (χ0) is 24.8. The van der Waals surface area contributed by atoms with Crippen molar-refractivity contribution in [2.45, 2.75) is 0 Å². The summed E-state index contributed by atoms with van der Waals surface area (Å²) in [4.78, 5) is 4.22. The van der Waals surface area contributed by atoms with Crippen LogP contribution in [0.1, 0.15) is 0 Å². The van der Waals surface area contributed by atoms with Crippen molar-refractivity contribution >= 4 is 38.1 Å². The van der Waals surface area contributed by atoms with Crippen LogP contribution in [-0.2, 0) is 27.2 Å². The van der Waals surface area contributed by atoms with Gasteiger partial charge in [-0.2, -0.15) is 12.1 Å². The minimum absolute atomic E-state index is 0. The molecule has 5 heteroatoms. The summed E-state index contributed by atoms with van der Waals surface area (Å²) in [6, 6.07) is 39.8. The van der Waals surface area contributed by atoms with Gasteiger partial charge in [-0.15, -0.1) is 47.3 Å². The first-order chi connectivity index (χ1) is 18.3. The number of para-hydroxylation sites is 2. The Balaban J connectivity index is 0.000000172.